The maximum atomic E-state index is 9.43. The fourth-order valence-corrected chi connectivity index (χ4v) is 6.72. The number of nitrogens with zero attached hydrogens (tertiary/aromatic N) is 4. The Morgan fingerprint density at radius 2 is 1.12 bits per heavy atom. The zero-order valence-electron chi connectivity index (χ0n) is 33.3. The fraction of sp³-hybridized carbons (Fsp3) is 0. The van der Waals surface area contributed by atoms with Gasteiger partial charge in [0.2, 0.25) is 0 Å². The van der Waals surface area contributed by atoms with Gasteiger partial charge in [0.1, 0.15) is 11.2 Å². The third-order valence-corrected chi connectivity index (χ3v) is 8.96. The minimum absolute atomic E-state index is 0.0443. The molecule has 0 fully saturated rings. The van der Waals surface area contributed by atoms with Gasteiger partial charge in [0.15, 0.2) is 17.5 Å². The largest absolute Gasteiger partial charge is 0.456 e. The minimum Gasteiger partial charge on any atom is -0.456 e. The summed E-state index contributed by atoms with van der Waals surface area (Å²) < 4.78 is 71.6. The molecule has 0 radical (unpaired) electrons. The summed E-state index contributed by atoms with van der Waals surface area (Å²) in [4.78, 5) is 14.6. The molecule has 0 unspecified atom stereocenters. The zero-order valence-corrected chi connectivity index (χ0v) is 26.3. The number of furan rings is 1. The topological polar surface area (TPSA) is 56.7 Å². The molecule has 10 rings (SSSR count). The Balaban J connectivity index is 1.35. The van der Waals surface area contributed by atoms with E-state index >= 15 is 0 Å². The number of para-hydroxylation sites is 2. The fourth-order valence-electron chi connectivity index (χ4n) is 6.72. The van der Waals surface area contributed by atoms with Crippen molar-refractivity contribution in [3.63, 3.8) is 0 Å². The summed E-state index contributed by atoms with van der Waals surface area (Å²) in [5.74, 6) is 0.680. The predicted octanol–water partition coefficient (Wildman–Crippen LogP) is 11.5. The molecule has 3 aromatic heterocycles. The van der Waals surface area contributed by atoms with Gasteiger partial charge < -0.3 is 8.98 Å². The van der Waals surface area contributed by atoms with Crippen LogP contribution < -0.4 is 0 Å². The highest BCUT2D eigenvalue weighted by Crippen LogP contribution is 2.41. The number of hydrogen-bond donors (Lipinski definition) is 0. The van der Waals surface area contributed by atoms with E-state index in [9.17, 15) is 4.11 Å². The minimum atomic E-state index is -0.479. The van der Waals surface area contributed by atoms with E-state index in [1.165, 1.54) is 0 Å². The highest BCUT2D eigenvalue weighted by atomic mass is 16.3. The summed E-state index contributed by atoms with van der Waals surface area (Å²) in [6.07, 6.45) is 0. The Morgan fingerprint density at radius 3 is 1.84 bits per heavy atom. The monoisotopic (exact) mass is 647 g/mol. The Labute approximate surface area is 297 Å². The lowest BCUT2D eigenvalue weighted by atomic mass is 9.99. The van der Waals surface area contributed by atoms with Crippen molar-refractivity contribution < 1.29 is 14.0 Å². The van der Waals surface area contributed by atoms with Crippen LogP contribution in [0.1, 0.15) is 9.60 Å². The molecule has 0 amide bonds. The highest BCUT2D eigenvalue weighted by Gasteiger charge is 2.21. The smallest absolute Gasteiger partial charge is 0.166 e. The number of rotatable bonds is 5. The van der Waals surface area contributed by atoms with E-state index in [-0.39, 0.29) is 57.4 Å². The zero-order chi connectivity index (χ0) is 39.1. The van der Waals surface area contributed by atoms with Crippen LogP contribution in [0.4, 0.5) is 0 Å². The predicted molar refractivity (Wildman–Crippen MR) is 203 cm³/mol. The van der Waals surface area contributed by atoms with Crippen LogP contribution in [0.2, 0.25) is 0 Å². The molecule has 50 heavy (non-hydrogen) atoms. The lowest BCUT2D eigenvalue weighted by Crippen LogP contribution is -2.02. The van der Waals surface area contributed by atoms with Gasteiger partial charge in [-0.25, -0.2) is 15.0 Å². The molecule has 0 atom stereocenters. The molecule has 0 saturated carbocycles. The molecule has 0 aliphatic carbocycles. The Hall–Kier alpha value is -6.85. The van der Waals surface area contributed by atoms with Gasteiger partial charge in [0.25, 0.3) is 0 Å². The van der Waals surface area contributed by atoms with E-state index in [2.05, 4.69) is 0 Å². The average molecular weight is 648 g/mol. The molecule has 0 saturated heterocycles. The van der Waals surface area contributed by atoms with Crippen LogP contribution >= 0.6 is 0 Å². The molecule has 5 nitrogen and oxygen atoms in total. The second-order valence-electron chi connectivity index (χ2n) is 11.9. The van der Waals surface area contributed by atoms with Crippen molar-refractivity contribution in [3.8, 4) is 51.0 Å². The summed E-state index contributed by atoms with van der Waals surface area (Å²) in [6, 6.07) is 37.3. The third kappa shape index (κ3) is 4.52. The van der Waals surface area contributed by atoms with Crippen LogP contribution in [0.15, 0.2) is 174 Å². The molecule has 0 N–H and O–H groups in total. The quantitative estimate of drug-likeness (QED) is 0.186. The van der Waals surface area contributed by atoms with Gasteiger partial charge in [0, 0.05) is 50.0 Å². The number of benzene rings is 7. The Kier molecular flexibility index (Phi) is 4.99. The summed E-state index contributed by atoms with van der Waals surface area (Å²) in [6.45, 7) is 0. The van der Waals surface area contributed by atoms with Crippen LogP contribution in [-0.2, 0) is 0 Å². The second-order valence-corrected chi connectivity index (χ2v) is 11.9. The maximum absolute atomic E-state index is 9.43. The van der Waals surface area contributed by atoms with Crippen molar-refractivity contribution in [2.24, 2.45) is 0 Å². The van der Waals surface area contributed by atoms with E-state index in [4.69, 9.17) is 24.9 Å². The maximum Gasteiger partial charge on any atom is 0.166 e. The lowest BCUT2D eigenvalue weighted by Gasteiger charge is -2.13. The molecule has 0 spiro atoms. The number of fused-ring (bicyclic) bond motifs is 6. The molecule has 0 aliphatic heterocycles. The normalized spacial score (nSPS) is 13.6. The van der Waals surface area contributed by atoms with E-state index in [1.807, 2.05) is 121 Å². The summed E-state index contributed by atoms with van der Waals surface area (Å²) >= 11 is 0. The average Bonchev–Trinajstić information content (AvgIpc) is 3.81. The molecule has 0 aliphatic rings. The van der Waals surface area contributed by atoms with Crippen LogP contribution in [0, 0.1) is 0 Å². The van der Waals surface area contributed by atoms with Gasteiger partial charge in [-0.3, -0.25) is 0 Å². The third-order valence-electron chi connectivity index (χ3n) is 8.96. The Morgan fingerprint density at radius 1 is 0.480 bits per heavy atom. The van der Waals surface area contributed by atoms with Crippen molar-refractivity contribution in [3.05, 3.63) is 170 Å². The van der Waals surface area contributed by atoms with Crippen LogP contribution in [0.5, 0.6) is 0 Å². The van der Waals surface area contributed by atoms with E-state index in [0.29, 0.717) is 39.6 Å². The van der Waals surface area contributed by atoms with Gasteiger partial charge >= 0.3 is 0 Å². The van der Waals surface area contributed by atoms with Crippen molar-refractivity contribution in [1.29, 1.82) is 0 Å². The Bertz CT molecular complexity index is 3200. The van der Waals surface area contributed by atoms with Gasteiger partial charge in [-0.2, -0.15) is 0 Å². The number of hydrogen-bond acceptors (Lipinski definition) is 4. The molecule has 5 heteroatoms. The highest BCUT2D eigenvalue weighted by molar-refractivity contribution is 6.15. The van der Waals surface area contributed by atoms with Gasteiger partial charge in [-0.1, -0.05) is 133 Å². The summed E-state index contributed by atoms with van der Waals surface area (Å²) in [5, 5.41) is 1.88. The second kappa shape index (κ2) is 11.4. The van der Waals surface area contributed by atoms with Gasteiger partial charge in [-0.15, -0.1) is 0 Å². The standard InChI is InChI=1S/C45H28N4O/c1-4-14-29(15-5-1)33-21-13-25-39-41(33)36-27-26-32(28-40(36)50-39)49-38-24-11-10-20-34(38)35-22-12-23-37(42(35)49)45-47-43(30-16-6-2-7-17-30)46-44(48-45)31-18-8-3-9-19-31/h1-28H/i10D,11D,12D,20D,22D,23D,24D. The first-order chi connectivity index (χ1) is 27.7. The lowest BCUT2D eigenvalue weighted by molar-refractivity contribution is 0.668. The molecule has 10 aromatic rings. The summed E-state index contributed by atoms with van der Waals surface area (Å²) in [5.41, 5.74) is 5.38. The molecule has 3 heterocycles. The summed E-state index contributed by atoms with van der Waals surface area (Å²) in [7, 11) is 0. The van der Waals surface area contributed by atoms with Crippen LogP contribution in [0.25, 0.3) is 94.7 Å². The van der Waals surface area contributed by atoms with Crippen LogP contribution in [-0.4, -0.2) is 19.5 Å². The molecule has 0 bridgehead atoms. The van der Waals surface area contributed by atoms with Crippen molar-refractivity contribution >= 4 is 43.7 Å². The van der Waals surface area contributed by atoms with Crippen molar-refractivity contribution in [2.75, 3.05) is 0 Å². The van der Waals surface area contributed by atoms with Gasteiger partial charge in [0.05, 0.1) is 20.6 Å². The van der Waals surface area contributed by atoms with E-state index in [1.54, 1.807) is 10.6 Å². The molecule has 7 aromatic carbocycles. The first-order valence-electron chi connectivity index (χ1n) is 19.6. The SMILES string of the molecule is [2H]c1c([2H])c([2H])c2c(c1[2H])c1c([2H])c([2H])c([2H])c(-c3nc(-c4ccccc4)nc(-c4ccccc4)n3)c1n2-c1ccc2c(c1)oc1cccc(-c3ccccc3)c12. The van der Waals surface area contributed by atoms with E-state index < -0.39 is 18.1 Å². The van der Waals surface area contributed by atoms with Crippen LogP contribution in [0.3, 0.4) is 0 Å². The molecular weight excluding hydrogens is 613 g/mol. The molecular formula is C45H28N4O. The van der Waals surface area contributed by atoms with E-state index in [0.717, 1.165) is 21.9 Å². The first-order valence-corrected chi connectivity index (χ1v) is 16.1. The first kappa shape index (κ1) is 21.9. The van der Waals surface area contributed by atoms with Crippen molar-refractivity contribution in [2.45, 2.75) is 0 Å². The van der Waals surface area contributed by atoms with Crippen molar-refractivity contribution in [1.82, 2.24) is 19.5 Å². The molecule has 234 valence electrons. The van der Waals surface area contributed by atoms with Gasteiger partial charge in [-0.05, 0) is 41.4 Å². The number of aromatic nitrogens is 4.